The minimum atomic E-state index is -0.879. The van der Waals surface area contributed by atoms with Crippen molar-refractivity contribution in [3.8, 4) is 0 Å². The quantitative estimate of drug-likeness (QED) is 0.822. The Kier molecular flexibility index (Phi) is 6.25. The molecule has 0 saturated carbocycles. The summed E-state index contributed by atoms with van der Waals surface area (Å²) in [6.07, 6.45) is 1.92. The fraction of sp³-hybridized carbons (Fsp3) is 0.529. The Hall–Kier alpha value is -2.02. The van der Waals surface area contributed by atoms with Crippen molar-refractivity contribution in [2.75, 3.05) is 33.7 Å². The van der Waals surface area contributed by atoms with Crippen LogP contribution in [-0.4, -0.2) is 61.4 Å². The van der Waals surface area contributed by atoms with E-state index < -0.39 is 17.5 Å². The molecule has 7 heteroatoms. The van der Waals surface area contributed by atoms with Gasteiger partial charge in [0.1, 0.15) is 11.6 Å². The molecule has 0 bridgehead atoms. The van der Waals surface area contributed by atoms with Crippen LogP contribution in [0.2, 0.25) is 0 Å². The minimum absolute atomic E-state index is 0.0933. The lowest BCUT2D eigenvalue weighted by Crippen LogP contribution is -2.40. The van der Waals surface area contributed by atoms with Crippen molar-refractivity contribution in [2.24, 2.45) is 0 Å². The number of likely N-dealkylation sites (tertiary alicyclic amines) is 1. The molecule has 0 spiro atoms. The predicted molar refractivity (Wildman–Crippen MR) is 86.6 cm³/mol. The Morgan fingerprint density at radius 3 is 2.79 bits per heavy atom. The van der Waals surface area contributed by atoms with Crippen LogP contribution in [0.5, 0.6) is 0 Å². The first kappa shape index (κ1) is 18.3. The highest BCUT2D eigenvalue weighted by Crippen LogP contribution is 2.20. The number of carbonyl (C=O) groups is 2. The highest BCUT2D eigenvalue weighted by Gasteiger charge is 2.30. The molecule has 132 valence electrons. The maximum absolute atomic E-state index is 13.6. The maximum Gasteiger partial charge on any atom is 0.254 e. The molecule has 1 atom stereocenters. The maximum atomic E-state index is 13.6. The summed E-state index contributed by atoms with van der Waals surface area (Å²) in [4.78, 5) is 27.7. The second-order valence-corrected chi connectivity index (χ2v) is 6.25. The van der Waals surface area contributed by atoms with Gasteiger partial charge in [-0.3, -0.25) is 9.59 Å². The molecule has 1 N–H and O–H groups in total. The number of benzene rings is 1. The normalized spacial score (nSPS) is 17.6. The third kappa shape index (κ3) is 4.74. The molecular weight excluding hydrogens is 316 g/mol. The smallest absolute Gasteiger partial charge is 0.254 e. The van der Waals surface area contributed by atoms with Crippen LogP contribution in [0, 0.1) is 11.6 Å². The van der Waals surface area contributed by atoms with Crippen LogP contribution in [-0.2, 0) is 4.79 Å². The molecular formula is C17H23F2N3O2. The number of rotatable bonds is 7. The summed E-state index contributed by atoms with van der Waals surface area (Å²) < 4.78 is 26.4. The largest absolute Gasteiger partial charge is 0.352 e. The molecule has 1 heterocycles. The van der Waals surface area contributed by atoms with Crippen molar-refractivity contribution < 1.29 is 18.4 Å². The average Bonchev–Trinajstić information content (AvgIpc) is 2.85. The highest BCUT2D eigenvalue weighted by molar-refractivity contribution is 5.94. The number of halogens is 2. The third-order valence-electron chi connectivity index (χ3n) is 4.18. The van der Waals surface area contributed by atoms with Crippen molar-refractivity contribution in [1.82, 2.24) is 15.1 Å². The number of nitrogens with one attached hydrogen (secondary N) is 1. The first-order chi connectivity index (χ1) is 11.4. The Bertz CT molecular complexity index is 607. The van der Waals surface area contributed by atoms with Gasteiger partial charge in [-0.15, -0.1) is 0 Å². The van der Waals surface area contributed by atoms with Crippen molar-refractivity contribution in [2.45, 2.75) is 25.3 Å². The van der Waals surface area contributed by atoms with Gasteiger partial charge in [-0.1, -0.05) is 0 Å². The second kappa shape index (κ2) is 8.19. The van der Waals surface area contributed by atoms with Crippen LogP contribution in [0.15, 0.2) is 18.2 Å². The molecule has 1 unspecified atom stereocenters. The number of carbonyl (C=O) groups excluding carboxylic acids is 2. The molecule has 0 radical (unpaired) electrons. The summed E-state index contributed by atoms with van der Waals surface area (Å²) in [6, 6.07) is 2.96. The number of hydrogen-bond donors (Lipinski definition) is 1. The highest BCUT2D eigenvalue weighted by atomic mass is 19.1. The summed E-state index contributed by atoms with van der Waals surface area (Å²) in [7, 11) is 3.90. The molecule has 0 aromatic heterocycles. The summed E-state index contributed by atoms with van der Waals surface area (Å²) >= 11 is 0. The molecule has 24 heavy (non-hydrogen) atoms. The third-order valence-corrected chi connectivity index (χ3v) is 4.18. The van der Waals surface area contributed by atoms with Gasteiger partial charge in [0.15, 0.2) is 0 Å². The lowest BCUT2D eigenvalue weighted by atomic mass is 10.1. The predicted octanol–water partition coefficient (Wildman–Crippen LogP) is 1.64. The van der Waals surface area contributed by atoms with Gasteiger partial charge in [-0.2, -0.15) is 0 Å². The zero-order chi connectivity index (χ0) is 17.7. The number of amides is 2. The van der Waals surface area contributed by atoms with Crippen LogP contribution in [0.25, 0.3) is 0 Å². The van der Waals surface area contributed by atoms with Crippen molar-refractivity contribution >= 4 is 11.8 Å². The Morgan fingerprint density at radius 2 is 2.12 bits per heavy atom. The van der Waals surface area contributed by atoms with E-state index in [1.165, 1.54) is 0 Å². The fourth-order valence-corrected chi connectivity index (χ4v) is 2.83. The van der Waals surface area contributed by atoms with Crippen LogP contribution >= 0.6 is 0 Å². The number of likely N-dealkylation sites (N-methyl/N-ethyl adjacent to an activating group) is 1. The minimum Gasteiger partial charge on any atom is -0.352 e. The Labute approximate surface area is 140 Å². The van der Waals surface area contributed by atoms with Gasteiger partial charge >= 0.3 is 0 Å². The molecule has 1 fully saturated rings. The van der Waals surface area contributed by atoms with E-state index in [1.54, 1.807) is 0 Å². The number of hydrogen-bond acceptors (Lipinski definition) is 3. The van der Waals surface area contributed by atoms with Crippen molar-refractivity contribution in [3.63, 3.8) is 0 Å². The van der Waals surface area contributed by atoms with Gasteiger partial charge in [0.2, 0.25) is 5.91 Å². The number of nitrogens with zero attached hydrogens (tertiary/aromatic N) is 2. The van der Waals surface area contributed by atoms with E-state index in [1.807, 2.05) is 23.9 Å². The van der Waals surface area contributed by atoms with Gasteiger partial charge in [-0.25, -0.2) is 8.78 Å². The second-order valence-electron chi connectivity index (χ2n) is 6.25. The van der Waals surface area contributed by atoms with E-state index in [4.69, 9.17) is 0 Å². The summed E-state index contributed by atoms with van der Waals surface area (Å²) in [5.74, 6) is -2.03. The van der Waals surface area contributed by atoms with E-state index in [0.29, 0.717) is 32.0 Å². The topological polar surface area (TPSA) is 52.6 Å². The average molecular weight is 339 g/mol. The first-order valence-electron chi connectivity index (χ1n) is 8.06. The zero-order valence-corrected chi connectivity index (χ0v) is 14.0. The fourth-order valence-electron chi connectivity index (χ4n) is 2.83. The lowest BCUT2D eigenvalue weighted by molar-refractivity contribution is -0.129. The summed E-state index contributed by atoms with van der Waals surface area (Å²) in [6.45, 7) is 1.79. The molecule has 1 saturated heterocycles. The van der Waals surface area contributed by atoms with Crippen LogP contribution in [0.1, 0.15) is 29.6 Å². The molecule has 2 rings (SSSR count). The summed E-state index contributed by atoms with van der Waals surface area (Å²) in [5, 5.41) is 2.64. The molecule has 1 aliphatic rings. The monoisotopic (exact) mass is 339 g/mol. The van der Waals surface area contributed by atoms with Gasteiger partial charge in [-0.05, 0) is 39.1 Å². The zero-order valence-electron chi connectivity index (χ0n) is 14.0. The van der Waals surface area contributed by atoms with Crippen LogP contribution in [0.4, 0.5) is 8.78 Å². The molecule has 5 nitrogen and oxygen atoms in total. The molecule has 2 amide bonds. The van der Waals surface area contributed by atoms with Crippen LogP contribution < -0.4 is 5.32 Å². The molecule has 1 aromatic carbocycles. The first-order valence-corrected chi connectivity index (χ1v) is 8.06. The molecule has 1 aliphatic heterocycles. The van der Waals surface area contributed by atoms with E-state index in [0.717, 1.165) is 25.1 Å². The van der Waals surface area contributed by atoms with E-state index in [9.17, 15) is 18.4 Å². The van der Waals surface area contributed by atoms with Crippen LogP contribution in [0.3, 0.4) is 0 Å². The van der Waals surface area contributed by atoms with E-state index in [-0.39, 0.29) is 17.5 Å². The SMILES string of the molecule is CN(C)CCN1C(=O)CCC1CCNC(=O)c1ccc(F)cc1F. The van der Waals surface area contributed by atoms with Crippen molar-refractivity contribution in [3.05, 3.63) is 35.4 Å². The van der Waals surface area contributed by atoms with E-state index in [2.05, 4.69) is 5.32 Å². The van der Waals surface area contributed by atoms with Gasteiger partial charge in [0, 0.05) is 38.2 Å². The molecule has 0 aliphatic carbocycles. The lowest BCUT2D eigenvalue weighted by Gasteiger charge is -2.26. The van der Waals surface area contributed by atoms with Gasteiger partial charge < -0.3 is 15.1 Å². The van der Waals surface area contributed by atoms with E-state index >= 15 is 0 Å². The standard InChI is InChI=1S/C17H23F2N3O2/c1-21(2)9-10-22-13(4-6-16(22)23)7-8-20-17(24)14-5-3-12(18)11-15(14)19/h3,5,11,13H,4,6-10H2,1-2H3,(H,20,24). The van der Waals surface area contributed by atoms with Gasteiger partial charge in [0.25, 0.3) is 5.91 Å². The van der Waals surface area contributed by atoms with Gasteiger partial charge in [0.05, 0.1) is 5.56 Å². The van der Waals surface area contributed by atoms with Crippen molar-refractivity contribution in [1.29, 1.82) is 0 Å². The Morgan fingerprint density at radius 1 is 1.38 bits per heavy atom. The summed E-state index contributed by atoms with van der Waals surface area (Å²) in [5.41, 5.74) is -0.177. The Balaban J connectivity index is 1.84. The molecule has 1 aromatic rings.